The van der Waals surface area contributed by atoms with E-state index in [0.717, 1.165) is 41.9 Å². The molecule has 0 radical (unpaired) electrons. The number of carbonyl (C=O) groups is 1. The summed E-state index contributed by atoms with van der Waals surface area (Å²) >= 11 is 0. The van der Waals surface area contributed by atoms with Gasteiger partial charge >= 0.3 is 5.97 Å². The summed E-state index contributed by atoms with van der Waals surface area (Å²) in [5.41, 5.74) is 0.813. The fourth-order valence-electron chi connectivity index (χ4n) is 8.21. The molecule has 162 valence electrons. The van der Waals surface area contributed by atoms with E-state index >= 15 is 0 Å². The molecule has 3 fully saturated rings. The first-order chi connectivity index (χ1) is 13.2. The number of hydrogen-bond acceptors (Lipinski definition) is 1. The minimum absolute atomic E-state index is 0.267. The standard InChI is InChI=1S/C26H46O2/c1-18(2)8-6-9-19(3)21-11-12-23-20-10-7-15-25(4,16-14-24(27)28)22(20)13-17-26(21,23)5/h18-23H,6-17H2,1-5H3,(H,27,28)/t19-,20+,21-,22-,23+,25+,26+/m0/s1. The van der Waals surface area contributed by atoms with Crippen LogP contribution in [0, 0.1) is 46.3 Å². The molecule has 2 nitrogen and oxygen atoms in total. The second-order valence-electron chi connectivity index (χ2n) is 11.8. The average Bonchev–Trinajstić information content (AvgIpc) is 2.97. The maximum atomic E-state index is 11.2. The van der Waals surface area contributed by atoms with Crippen molar-refractivity contribution >= 4 is 5.97 Å². The normalized spacial score (nSPS) is 41.5. The van der Waals surface area contributed by atoms with Crippen molar-refractivity contribution in [2.75, 3.05) is 0 Å². The van der Waals surface area contributed by atoms with Crippen LogP contribution in [0.5, 0.6) is 0 Å². The van der Waals surface area contributed by atoms with E-state index in [1.54, 1.807) is 0 Å². The van der Waals surface area contributed by atoms with Crippen LogP contribution in [-0.4, -0.2) is 11.1 Å². The Morgan fingerprint density at radius 1 is 1.00 bits per heavy atom. The van der Waals surface area contributed by atoms with Crippen LogP contribution in [-0.2, 0) is 4.79 Å². The predicted molar refractivity (Wildman–Crippen MR) is 117 cm³/mol. The molecule has 7 atom stereocenters. The van der Waals surface area contributed by atoms with Crippen molar-refractivity contribution in [2.24, 2.45) is 46.3 Å². The quantitative estimate of drug-likeness (QED) is 0.464. The van der Waals surface area contributed by atoms with Gasteiger partial charge in [-0.2, -0.15) is 0 Å². The molecule has 0 bridgehead atoms. The Kier molecular flexibility index (Phi) is 6.87. The maximum absolute atomic E-state index is 11.2. The molecule has 3 saturated carbocycles. The first kappa shape index (κ1) is 22.2. The summed E-state index contributed by atoms with van der Waals surface area (Å²) in [4.78, 5) is 11.2. The first-order valence-corrected chi connectivity index (χ1v) is 12.4. The van der Waals surface area contributed by atoms with Gasteiger partial charge in [0.25, 0.3) is 0 Å². The Bertz CT molecular complexity index is 541. The van der Waals surface area contributed by atoms with Gasteiger partial charge in [-0.3, -0.25) is 4.79 Å². The molecule has 0 aromatic heterocycles. The lowest BCUT2D eigenvalue weighted by Crippen LogP contribution is -2.49. The van der Waals surface area contributed by atoms with Crippen LogP contribution in [0.4, 0.5) is 0 Å². The Morgan fingerprint density at radius 2 is 1.75 bits per heavy atom. The van der Waals surface area contributed by atoms with Crippen molar-refractivity contribution in [2.45, 2.75) is 112 Å². The molecule has 28 heavy (non-hydrogen) atoms. The topological polar surface area (TPSA) is 37.3 Å². The molecular weight excluding hydrogens is 344 g/mol. The van der Waals surface area contributed by atoms with Crippen molar-refractivity contribution in [1.82, 2.24) is 0 Å². The van der Waals surface area contributed by atoms with Crippen LogP contribution >= 0.6 is 0 Å². The van der Waals surface area contributed by atoms with Crippen LogP contribution < -0.4 is 0 Å². The molecule has 0 aromatic rings. The Balaban J connectivity index is 1.68. The zero-order valence-corrected chi connectivity index (χ0v) is 19.3. The smallest absolute Gasteiger partial charge is 0.303 e. The second kappa shape index (κ2) is 8.68. The van der Waals surface area contributed by atoms with Crippen LogP contribution in [0.25, 0.3) is 0 Å². The van der Waals surface area contributed by atoms with E-state index in [-0.39, 0.29) is 5.41 Å². The molecule has 0 heterocycles. The number of carboxylic acid groups (broad SMARTS) is 1. The summed E-state index contributed by atoms with van der Waals surface area (Å²) in [7, 11) is 0. The van der Waals surface area contributed by atoms with E-state index in [4.69, 9.17) is 0 Å². The van der Waals surface area contributed by atoms with Crippen molar-refractivity contribution in [3.63, 3.8) is 0 Å². The zero-order chi connectivity index (χ0) is 20.5. The molecule has 3 aliphatic rings. The first-order valence-electron chi connectivity index (χ1n) is 12.4. The molecule has 3 aliphatic carbocycles. The number of rotatable bonds is 8. The average molecular weight is 391 g/mol. The second-order valence-corrected chi connectivity index (χ2v) is 11.8. The highest BCUT2D eigenvalue weighted by Gasteiger charge is 2.58. The molecule has 0 unspecified atom stereocenters. The summed E-state index contributed by atoms with van der Waals surface area (Å²) in [5.74, 6) is 4.53. The molecule has 0 aromatic carbocycles. The van der Waals surface area contributed by atoms with Gasteiger partial charge in [0.2, 0.25) is 0 Å². The summed E-state index contributed by atoms with van der Waals surface area (Å²) in [6.45, 7) is 12.3. The lowest BCUT2D eigenvalue weighted by atomic mass is 9.48. The number of aliphatic carboxylic acids is 1. The molecular formula is C26H46O2. The van der Waals surface area contributed by atoms with E-state index in [1.807, 2.05) is 0 Å². The Hall–Kier alpha value is -0.530. The monoisotopic (exact) mass is 390 g/mol. The van der Waals surface area contributed by atoms with Gasteiger partial charge in [-0.15, -0.1) is 0 Å². The van der Waals surface area contributed by atoms with E-state index in [2.05, 4.69) is 34.6 Å². The number of fused-ring (bicyclic) bond motifs is 3. The van der Waals surface area contributed by atoms with Crippen LogP contribution in [0.1, 0.15) is 112 Å². The van der Waals surface area contributed by atoms with Crippen molar-refractivity contribution in [3.8, 4) is 0 Å². The minimum atomic E-state index is -0.611. The number of hydrogen-bond donors (Lipinski definition) is 1. The largest absolute Gasteiger partial charge is 0.481 e. The third-order valence-corrected chi connectivity index (χ3v) is 9.73. The Labute approximate surface area is 174 Å². The summed E-state index contributed by atoms with van der Waals surface area (Å²) < 4.78 is 0. The van der Waals surface area contributed by atoms with Gasteiger partial charge in [0.1, 0.15) is 0 Å². The maximum Gasteiger partial charge on any atom is 0.303 e. The molecule has 2 heteroatoms. The highest BCUT2D eigenvalue weighted by atomic mass is 16.4. The fraction of sp³-hybridized carbons (Fsp3) is 0.962. The van der Waals surface area contributed by atoms with Gasteiger partial charge in [0, 0.05) is 6.42 Å². The van der Waals surface area contributed by atoms with Gasteiger partial charge in [-0.1, -0.05) is 60.3 Å². The van der Waals surface area contributed by atoms with E-state index < -0.39 is 5.97 Å². The van der Waals surface area contributed by atoms with Gasteiger partial charge in [-0.25, -0.2) is 0 Å². The van der Waals surface area contributed by atoms with Crippen LogP contribution in [0.15, 0.2) is 0 Å². The van der Waals surface area contributed by atoms with E-state index in [0.29, 0.717) is 11.8 Å². The molecule has 1 N–H and O–H groups in total. The van der Waals surface area contributed by atoms with Crippen molar-refractivity contribution < 1.29 is 9.90 Å². The molecule has 0 aliphatic heterocycles. The third kappa shape index (κ3) is 4.31. The lowest BCUT2D eigenvalue weighted by molar-refractivity contribution is -0.139. The molecule has 0 saturated heterocycles. The molecule has 0 spiro atoms. The lowest BCUT2D eigenvalue weighted by Gasteiger charge is -2.57. The molecule has 0 amide bonds. The summed E-state index contributed by atoms with van der Waals surface area (Å²) in [5, 5.41) is 9.25. The van der Waals surface area contributed by atoms with Crippen LogP contribution in [0.2, 0.25) is 0 Å². The third-order valence-electron chi connectivity index (χ3n) is 9.73. The predicted octanol–water partition coefficient (Wildman–Crippen LogP) is 7.56. The van der Waals surface area contributed by atoms with Crippen molar-refractivity contribution in [1.29, 1.82) is 0 Å². The zero-order valence-electron chi connectivity index (χ0n) is 19.3. The Morgan fingerprint density at radius 3 is 2.43 bits per heavy atom. The SMILES string of the molecule is CC(C)CCC[C@H](C)[C@@H]1CC[C@@H]2[C@@H]3CCC[C@](C)(CCC(=O)O)[C@H]3CC[C@@]21C. The van der Waals surface area contributed by atoms with E-state index in [1.165, 1.54) is 64.2 Å². The van der Waals surface area contributed by atoms with Gasteiger partial charge in [0.05, 0.1) is 0 Å². The van der Waals surface area contributed by atoms with Crippen molar-refractivity contribution in [3.05, 3.63) is 0 Å². The number of carboxylic acids is 1. The summed E-state index contributed by atoms with van der Waals surface area (Å²) in [6, 6.07) is 0. The van der Waals surface area contributed by atoms with E-state index in [9.17, 15) is 9.90 Å². The minimum Gasteiger partial charge on any atom is -0.481 e. The molecule has 3 rings (SSSR count). The van der Waals surface area contributed by atoms with Gasteiger partial charge < -0.3 is 5.11 Å². The van der Waals surface area contributed by atoms with Gasteiger partial charge in [-0.05, 0) is 91.3 Å². The fourth-order valence-corrected chi connectivity index (χ4v) is 8.21. The van der Waals surface area contributed by atoms with Crippen LogP contribution in [0.3, 0.4) is 0 Å². The summed E-state index contributed by atoms with van der Waals surface area (Å²) in [6.07, 6.45) is 15.0. The highest BCUT2D eigenvalue weighted by molar-refractivity contribution is 5.66. The van der Waals surface area contributed by atoms with Gasteiger partial charge in [0.15, 0.2) is 0 Å². The highest BCUT2D eigenvalue weighted by Crippen LogP contribution is 2.66.